The van der Waals surface area contributed by atoms with Crippen molar-refractivity contribution in [3.8, 4) is 17.2 Å². The van der Waals surface area contributed by atoms with Crippen molar-refractivity contribution in [2.45, 2.75) is 10.1 Å². The zero-order chi connectivity index (χ0) is 24.1. The van der Waals surface area contributed by atoms with Gasteiger partial charge in [-0.2, -0.15) is 4.31 Å². The highest BCUT2D eigenvalue weighted by Gasteiger charge is 2.29. The number of anilines is 1. The number of nitrogens with one attached hydrogen (secondary N) is 1. The van der Waals surface area contributed by atoms with Crippen LogP contribution >= 0.6 is 23.4 Å². The van der Waals surface area contributed by atoms with Crippen molar-refractivity contribution in [3.63, 3.8) is 0 Å². The number of halogens is 1. The smallest absolute Gasteiger partial charge is 0.277 e. The molecule has 0 bridgehead atoms. The fourth-order valence-corrected chi connectivity index (χ4v) is 5.46. The summed E-state index contributed by atoms with van der Waals surface area (Å²) >= 11 is 6.95. The summed E-state index contributed by atoms with van der Waals surface area (Å²) in [6.07, 6.45) is 0. The van der Waals surface area contributed by atoms with E-state index in [4.69, 9.17) is 25.5 Å². The number of nitrogens with zero attached hydrogens (tertiary/aromatic N) is 3. The van der Waals surface area contributed by atoms with Crippen molar-refractivity contribution < 1.29 is 27.1 Å². The van der Waals surface area contributed by atoms with Crippen LogP contribution in [0.4, 0.5) is 5.69 Å². The van der Waals surface area contributed by atoms with E-state index in [1.165, 1.54) is 23.5 Å². The van der Waals surface area contributed by atoms with Crippen molar-refractivity contribution in [2.75, 3.05) is 44.5 Å². The third-order valence-electron chi connectivity index (χ3n) is 4.86. The molecule has 1 amide bonds. The molecule has 10 nitrogen and oxygen atoms in total. The first kappa shape index (κ1) is 24.5. The molecule has 0 spiro atoms. The van der Waals surface area contributed by atoms with Crippen LogP contribution in [0.25, 0.3) is 11.5 Å². The number of amides is 1. The van der Waals surface area contributed by atoms with Crippen LogP contribution in [0.15, 0.2) is 57.0 Å². The van der Waals surface area contributed by atoms with E-state index in [2.05, 4.69) is 15.5 Å². The second kappa shape index (κ2) is 10.7. The third kappa shape index (κ3) is 5.70. The number of morpholine rings is 1. The van der Waals surface area contributed by atoms with Crippen LogP contribution in [0.3, 0.4) is 0 Å². The Labute approximate surface area is 205 Å². The van der Waals surface area contributed by atoms with Crippen LogP contribution in [0.5, 0.6) is 5.75 Å². The maximum absolute atomic E-state index is 13.1. The average Bonchev–Trinajstić information content (AvgIpc) is 3.33. The van der Waals surface area contributed by atoms with E-state index >= 15 is 0 Å². The van der Waals surface area contributed by atoms with Crippen LogP contribution in [-0.4, -0.2) is 68.0 Å². The van der Waals surface area contributed by atoms with Gasteiger partial charge >= 0.3 is 0 Å². The average molecular weight is 525 g/mol. The van der Waals surface area contributed by atoms with Gasteiger partial charge in [0.05, 0.1) is 26.1 Å². The summed E-state index contributed by atoms with van der Waals surface area (Å²) < 4.78 is 43.6. The number of benzene rings is 2. The Bertz CT molecular complexity index is 1260. The van der Waals surface area contributed by atoms with Gasteiger partial charge in [0.15, 0.2) is 0 Å². The summed E-state index contributed by atoms with van der Waals surface area (Å²) in [5.74, 6) is 0.128. The van der Waals surface area contributed by atoms with Gasteiger partial charge < -0.3 is 19.2 Å². The summed E-state index contributed by atoms with van der Waals surface area (Å²) in [7, 11) is -2.42. The maximum atomic E-state index is 13.1. The molecule has 1 fully saturated rings. The van der Waals surface area contributed by atoms with Gasteiger partial charge in [0.25, 0.3) is 5.22 Å². The highest BCUT2D eigenvalue weighted by Crippen LogP contribution is 2.30. The first-order valence-electron chi connectivity index (χ1n) is 10.1. The highest BCUT2D eigenvalue weighted by atomic mass is 35.5. The van der Waals surface area contributed by atoms with Crippen LogP contribution in [0, 0.1) is 0 Å². The molecule has 0 saturated carbocycles. The van der Waals surface area contributed by atoms with Crippen molar-refractivity contribution in [1.82, 2.24) is 14.5 Å². The van der Waals surface area contributed by atoms with Gasteiger partial charge in [-0.25, -0.2) is 8.42 Å². The normalized spacial score (nSPS) is 14.6. The number of ether oxygens (including phenoxy) is 2. The first-order valence-corrected chi connectivity index (χ1v) is 13.0. The van der Waals surface area contributed by atoms with Crippen molar-refractivity contribution in [3.05, 3.63) is 47.5 Å². The van der Waals surface area contributed by atoms with Crippen molar-refractivity contribution in [1.29, 1.82) is 0 Å². The number of thioether (sulfide) groups is 1. The second-order valence-corrected chi connectivity index (χ2v) is 10.4. The zero-order valence-electron chi connectivity index (χ0n) is 18.1. The lowest BCUT2D eigenvalue weighted by Crippen LogP contribution is -2.40. The molecule has 1 aromatic heterocycles. The van der Waals surface area contributed by atoms with E-state index in [0.717, 1.165) is 11.8 Å². The molecule has 1 N–H and O–H groups in total. The lowest BCUT2D eigenvalue weighted by Gasteiger charge is -2.26. The number of rotatable bonds is 8. The van der Waals surface area contributed by atoms with Crippen LogP contribution < -0.4 is 10.1 Å². The summed E-state index contributed by atoms with van der Waals surface area (Å²) in [6, 6.07) is 11.4. The molecule has 0 aliphatic carbocycles. The molecular formula is C21H21ClN4O6S2. The van der Waals surface area contributed by atoms with Crippen LogP contribution in [-0.2, 0) is 19.6 Å². The van der Waals surface area contributed by atoms with Gasteiger partial charge in [0, 0.05) is 29.4 Å². The van der Waals surface area contributed by atoms with Crippen LogP contribution in [0.2, 0.25) is 5.02 Å². The van der Waals surface area contributed by atoms with Crippen molar-refractivity contribution >= 4 is 45.0 Å². The van der Waals surface area contributed by atoms with Gasteiger partial charge in [-0.15, -0.1) is 10.2 Å². The largest absolute Gasteiger partial charge is 0.495 e. The standard InChI is InChI=1S/C21H21ClN4O6S2/c1-30-17-7-6-16(12-18(17)34(28,29)26-8-10-31-11-9-26)23-19(27)13-33-21-25-24-20(32-21)14-2-4-15(22)5-3-14/h2-7,12H,8-11,13H2,1H3,(H,23,27). The molecular weight excluding hydrogens is 504 g/mol. The van der Waals surface area contributed by atoms with E-state index in [9.17, 15) is 13.2 Å². The molecule has 1 aliphatic heterocycles. The molecule has 2 heterocycles. The molecule has 34 heavy (non-hydrogen) atoms. The molecule has 4 rings (SSSR count). The first-order chi connectivity index (χ1) is 16.4. The third-order valence-corrected chi connectivity index (χ3v) is 7.85. The monoisotopic (exact) mass is 524 g/mol. The highest BCUT2D eigenvalue weighted by molar-refractivity contribution is 7.99. The summed E-state index contributed by atoms with van der Waals surface area (Å²) in [6.45, 7) is 1.15. The number of hydrogen-bond donors (Lipinski definition) is 1. The minimum absolute atomic E-state index is 0.0141. The Balaban J connectivity index is 1.41. The van der Waals surface area contributed by atoms with E-state index in [1.807, 2.05) is 0 Å². The molecule has 1 saturated heterocycles. The minimum Gasteiger partial charge on any atom is -0.495 e. The Morgan fingerprint density at radius 1 is 1.18 bits per heavy atom. The Hall–Kier alpha value is -2.64. The fourth-order valence-electron chi connectivity index (χ4n) is 3.18. The van der Waals surface area contributed by atoms with Gasteiger partial charge in [-0.3, -0.25) is 4.79 Å². The number of methoxy groups -OCH3 is 1. The molecule has 2 aromatic carbocycles. The van der Waals surface area contributed by atoms with Gasteiger partial charge in [0.1, 0.15) is 10.6 Å². The quantitative estimate of drug-likeness (QED) is 0.442. The second-order valence-electron chi connectivity index (χ2n) is 7.10. The van der Waals surface area contributed by atoms with E-state index < -0.39 is 10.0 Å². The molecule has 0 unspecified atom stereocenters. The van der Waals surface area contributed by atoms with Gasteiger partial charge in [-0.05, 0) is 42.5 Å². The number of carbonyl (C=O) groups excluding carboxylic acids is 1. The van der Waals surface area contributed by atoms with Gasteiger partial charge in [-0.1, -0.05) is 23.4 Å². The molecule has 0 radical (unpaired) electrons. The molecule has 13 heteroatoms. The SMILES string of the molecule is COc1ccc(NC(=O)CSc2nnc(-c3ccc(Cl)cc3)o2)cc1S(=O)(=O)N1CCOCC1. The Kier molecular flexibility index (Phi) is 7.73. The van der Waals surface area contributed by atoms with E-state index in [-0.39, 0.29) is 40.6 Å². The molecule has 180 valence electrons. The van der Waals surface area contributed by atoms with Crippen molar-refractivity contribution in [2.24, 2.45) is 0 Å². The Morgan fingerprint density at radius 3 is 2.62 bits per heavy atom. The van der Waals surface area contributed by atoms with Crippen LogP contribution in [0.1, 0.15) is 0 Å². The number of hydrogen-bond acceptors (Lipinski definition) is 9. The number of aromatic nitrogens is 2. The molecule has 0 atom stereocenters. The molecule has 1 aliphatic rings. The van der Waals surface area contributed by atoms with Gasteiger partial charge in [0.2, 0.25) is 21.8 Å². The summed E-state index contributed by atoms with van der Waals surface area (Å²) in [5.41, 5.74) is 1.03. The predicted molar refractivity (Wildman–Crippen MR) is 127 cm³/mol. The summed E-state index contributed by atoms with van der Waals surface area (Å²) in [5, 5.41) is 11.4. The fraction of sp³-hybridized carbons (Fsp3) is 0.286. The summed E-state index contributed by atoms with van der Waals surface area (Å²) in [4.78, 5) is 12.5. The molecule has 3 aromatic rings. The number of carbonyl (C=O) groups is 1. The predicted octanol–water partition coefficient (Wildman–Crippen LogP) is 3.15. The zero-order valence-corrected chi connectivity index (χ0v) is 20.5. The maximum Gasteiger partial charge on any atom is 0.277 e. The lowest BCUT2D eigenvalue weighted by molar-refractivity contribution is -0.113. The number of sulfonamides is 1. The topological polar surface area (TPSA) is 124 Å². The van der Waals surface area contributed by atoms with E-state index in [0.29, 0.717) is 35.4 Å². The lowest BCUT2D eigenvalue weighted by atomic mass is 10.2. The Morgan fingerprint density at radius 2 is 1.91 bits per heavy atom. The van der Waals surface area contributed by atoms with E-state index in [1.54, 1.807) is 30.3 Å². The minimum atomic E-state index is -3.81.